The minimum atomic E-state index is -0.935. The topological polar surface area (TPSA) is 173 Å². The van der Waals surface area contributed by atoms with E-state index in [1.165, 1.54) is 20.8 Å². The van der Waals surface area contributed by atoms with Gasteiger partial charge in [0.2, 0.25) is 0 Å². The molecular formula is C17H30O9. The van der Waals surface area contributed by atoms with Gasteiger partial charge in [0.25, 0.3) is 0 Å². The largest absolute Gasteiger partial charge is 0.478 e. The highest BCUT2D eigenvalue weighted by atomic mass is 16.4. The van der Waals surface area contributed by atoms with Crippen molar-refractivity contribution in [1.82, 2.24) is 0 Å². The fourth-order valence-electron chi connectivity index (χ4n) is 0.418. The average Bonchev–Trinajstić information content (AvgIpc) is 2.53. The van der Waals surface area contributed by atoms with Crippen LogP contribution in [-0.4, -0.2) is 67.9 Å². The molecule has 6 N–H and O–H groups in total. The van der Waals surface area contributed by atoms with Gasteiger partial charge in [0, 0.05) is 23.3 Å². The maximum Gasteiger partial charge on any atom is 0.330 e. The molecule has 0 aromatic carbocycles. The molecule has 152 valence electrons. The van der Waals surface area contributed by atoms with Gasteiger partial charge in [-0.05, 0) is 33.6 Å². The van der Waals surface area contributed by atoms with Crippen LogP contribution in [0.25, 0.3) is 0 Å². The summed E-state index contributed by atoms with van der Waals surface area (Å²) in [7, 11) is 0. The first-order chi connectivity index (χ1) is 11.7. The minimum absolute atomic E-state index is 0.0804. The zero-order valence-corrected chi connectivity index (χ0v) is 15.4. The van der Waals surface area contributed by atoms with Crippen molar-refractivity contribution in [2.75, 3.05) is 13.2 Å². The Morgan fingerprint density at radius 1 is 0.769 bits per heavy atom. The Morgan fingerprint density at radius 2 is 1.00 bits per heavy atom. The van der Waals surface area contributed by atoms with Crippen LogP contribution in [0.4, 0.5) is 0 Å². The van der Waals surface area contributed by atoms with Gasteiger partial charge in [0.15, 0.2) is 0 Å². The molecule has 0 saturated heterocycles. The number of hydrogen-bond donors (Lipinski definition) is 6. The Kier molecular flexibility index (Phi) is 24.7. The van der Waals surface area contributed by atoms with Crippen LogP contribution in [0.3, 0.4) is 0 Å². The van der Waals surface area contributed by atoms with Gasteiger partial charge in [0.05, 0.1) is 12.7 Å². The van der Waals surface area contributed by atoms with E-state index in [1.807, 2.05) is 0 Å². The monoisotopic (exact) mass is 378 g/mol. The van der Waals surface area contributed by atoms with E-state index in [9.17, 15) is 14.4 Å². The van der Waals surface area contributed by atoms with Crippen molar-refractivity contribution in [3.05, 3.63) is 36.5 Å². The van der Waals surface area contributed by atoms with E-state index in [1.54, 1.807) is 0 Å². The third kappa shape index (κ3) is 37.6. The lowest BCUT2D eigenvalue weighted by Gasteiger charge is -2.02. The van der Waals surface area contributed by atoms with Crippen LogP contribution < -0.4 is 0 Å². The van der Waals surface area contributed by atoms with Crippen LogP contribution in [-0.2, 0) is 14.4 Å². The Balaban J connectivity index is -0.000000125. The molecule has 26 heavy (non-hydrogen) atoms. The normalized spacial score (nSPS) is 9.46. The Bertz CT molecular complexity index is 374. The SMILES string of the molecule is C=C(C)C(=O)O.C=C(C)C(=O)O.C=C(C)C(=O)O.OCCCC(O)CO. The molecule has 9 nitrogen and oxygen atoms in total. The number of aliphatic hydroxyl groups excluding tert-OH is 3. The van der Waals surface area contributed by atoms with Gasteiger partial charge in [-0.25, -0.2) is 14.4 Å². The molecule has 0 spiro atoms. The number of aliphatic carboxylic acids is 3. The van der Waals surface area contributed by atoms with Crippen molar-refractivity contribution in [3.63, 3.8) is 0 Å². The molecule has 0 aliphatic heterocycles. The Hall–Kier alpha value is -2.49. The summed E-state index contributed by atoms with van der Waals surface area (Å²) in [5.41, 5.74) is 0.528. The van der Waals surface area contributed by atoms with E-state index < -0.39 is 24.0 Å². The molecule has 0 aromatic heterocycles. The van der Waals surface area contributed by atoms with E-state index in [4.69, 9.17) is 30.6 Å². The van der Waals surface area contributed by atoms with E-state index in [0.717, 1.165) is 0 Å². The molecule has 0 saturated carbocycles. The molecular weight excluding hydrogens is 348 g/mol. The van der Waals surface area contributed by atoms with Crippen molar-refractivity contribution >= 4 is 17.9 Å². The van der Waals surface area contributed by atoms with Gasteiger partial charge in [-0.3, -0.25) is 0 Å². The summed E-state index contributed by atoms with van der Waals surface area (Å²) in [5, 5.41) is 48.7. The smallest absolute Gasteiger partial charge is 0.330 e. The number of aliphatic hydroxyl groups is 3. The van der Waals surface area contributed by atoms with Crippen molar-refractivity contribution in [2.45, 2.75) is 39.7 Å². The summed E-state index contributed by atoms with van der Waals surface area (Å²) in [4.78, 5) is 28.8. The lowest BCUT2D eigenvalue weighted by atomic mass is 10.2. The van der Waals surface area contributed by atoms with Gasteiger partial charge >= 0.3 is 17.9 Å². The molecule has 0 amide bonds. The van der Waals surface area contributed by atoms with E-state index in [2.05, 4.69) is 19.7 Å². The maximum absolute atomic E-state index is 9.60. The first-order valence-corrected chi connectivity index (χ1v) is 7.30. The molecule has 1 unspecified atom stereocenters. The van der Waals surface area contributed by atoms with E-state index >= 15 is 0 Å². The van der Waals surface area contributed by atoms with Crippen LogP contribution >= 0.6 is 0 Å². The number of carboxylic acid groups (broad SMARTS) is 3. The molecule has 0 fully saturated rings. The summed E-state index contributed by atoms with van der Waals surface area (Å²) in [6.07, 6.45) is 0.386. The van der Waals surface area contributed by atoms with E-state index in [-0.39, 0.29) is 29.9 Å². The van der Waals surface area contributed by atoms with Gasteiger partial charge in [-0.1, -0.05) is 19.7 Å². The Morgan fingerprint density at radius 3 is 1.12 bits per heavy atom. The highest BCUT2D eigenvalue weighted by Gasteiger charge is 1.98. The van der Waals surface area contributed by atoms with Gasteiger partial charge in [-0.15, -0.1) is 0 Å². The zero-order chi connectivity index (χ0) is 21.9. The molecule has 0 radical (unpaired) electrons. The molecule has 1 atom stereocenters. The van der Waals surface area contributed by atoms with Crippen LogP contribution in [0.2, 0.25) is 0 Å². The first kappa shape index (κ1) is 31.3. The molecule has 0 aromatic rings. The fourth-order valence-corrected chi connectivity index (χ4v) is 0.418. The summed E-state index contributed by atoms with van der Waals surface area (Å²) in [6.45, 7) is 13.7. The second kappa shape index (κ2) is 20.6. The highest BCUT2D eigenvalue weighted by Crippen LogP contribution is 1.93. The fraction of sp³-hybridized carbons (Fsp3) is 0.471. The van der Waals surface area contributed by atoms with Crippen LogP contribution in [0.5, 0.6) is 0 Å². The van der Waals surface area contributed by atoms with E-state index in [0.29, 0.717) is 12.8 Å². The average molecular weight is 378 g/mol. The lowest BCUT2D eigenvalue weighted by Crippen LogP contribution is -2.11. The van der Waals surface area contributed by atoms with Crippen LogP contribution in [0, 0.1) is 0 Å². The summed E-state index contributed by atoms with van der Waals surface area (Å²) >= 11 is 0. The third-order valence-electron chi connectivity index (χ3n) is 2.00. The highest BCUT2D eigenvalue weighted by molar-refractivity contribution is 5.85. The predicted octanol–water partition coefficient (Wildman–Crippen LogP) is 1.05. The van der Waals surface area contributed by atoms with Crippen molar-refractivity contribution < 1.29 is 45.0 Å². The number of carbonyl (C=O) groups is 3. The number of rotatable bonds is 7. The second-order valence-electron chi connectivity index (χ2n) is 4.96. The molecule has 9 heteroatoms. The summed E-state index contributed by atoms with van der Waals surface area (Å²) in [6, 6.07) is 0. The third-order valence-corrected chi connectivity index (χ3v) is 2.00. The molecule has 0 aliphatic carbocycles. The standard InChI is InChI=1S/C5H12O3.3C4H6O2/c6-3-1-2-5(8)4-7;3*1-3(2)4(5)6/h5-8H,1-4H2;3*1H2,2H3,(H,5,6). The lowest BCUT2D eigenvalue weighted by molar-refractivity contribution is -0.133. The van der Waals surface area contributed by atoms with Crippen molar-refractivity contribution in [3.8, 4) is 0 Å². The molecule has 0 bridgehead atoms. The van der Waals surface area contributed by atoms with Gasteiger partial charge < -0.3 is 30.6 Å². The number of carboxylic acids is 3. The summed E-state index contributed by atoms with van der Waals surface area (Å²) in [5.74, 6) is -2.81. The number of hydrogen-bond acceptors (Lipinski definition) is 6. The van der Waals surface area contributed by atoms with Crippen molar-refractivity contribution in [2.24, 2.45) is 0 Å². The molecule has 0 rings (SSSR count). The maximum atomic E-state index is 9.60. The van der Waals surface area contributed by atoms with Gasteiger partial charge in [-0.2, -0.15) is 0 Å². The zero-order valence-electron chi connectivity index (χ0n) is 15.4. The molecule has 0 heterocycles. The Labute approximate surface area is 153 Å². The van der Waals surface area contributed by atoms with Crippen LogP contribution in [0.1, 0.15) is 33.6 Å². The molecule has 0 aliphatic rings. The van der Waals surface area contributed by atoms with Crippen molar-refractivity contribution in [1.29, 1.82) is 0 Å². The second-order valence-corrected chi connectivity index (χ2v) is 4.96. The first-order valence-electron chi connectivity index (χ1n) is 7.30. The minimum Gasteiger partial charge on any atom is -0.478 e. The predicted molar refractivity (Wildman–Crippen MR) is 96.8 cm³/mol. The summed E-state index contributed by atoms with van der Waals surface area (Å²) < 4.78 is 0. The van der Waals surface area contributed by atoms with Crippen LogP contribution in [0.15, 0.2) is 36.5 Å². The van der Waals surface area contributed by atoms with Gasteiger partial charge in [0.1, 0.15) is 0 Å². The quantitative estimate of drug-likeness (QED) is 0.354.